The number of pyridine rings is 1. The maximum absolute atomic E-state index is 13.9. The highest BCUT2D eigenvalue weighted by molar-refractivity contribution is 7.92. The normalized spacial score (nSPS) is 12.3. The first kappa shape index (κ1) is 19.0. The molecule has 0 aliphatic carbocycles. The van der Waals surface area contributed by atoms with Gasteiger partial charge in [0, 0.05) is 35.1 Å². The van der Waals surface area contributed by atoms with Crippen molar-refractivity contribution >= 4 is 26.6 Å². The van der Waals surface area contributed by atoms with Crippen LogP contribution in [0.3, 0.4) is 0 Å². The number of hydrogen-bond donors (Lipinski definition) is 2. The van der Waals surface area contributed by atoms with Crippen LogP contribution in [0.2, 0.25) is 0 Å². The van der Waals surface area contributed by atoms with Crippen molar-refractivity contribution in [2.75, 3.05) is 4.72 Å². The number of halogens is 2. The third-order valence-corrected chi connectivity index (χ3v) is 5.56. The largest absolute Gasteiger partial charge is 0.322 e. The number of H-pyrrole nitrogens is 1. The Kier molecular flexibility index (Phi) is 4.77. The van der Waals surface area contributed by atoms with Gasteiger partial charge in [-0.2, -0.15) is 0 Å². The lowest BCUT2D eigenvalue weighted by Crippen LogP contribution is -2.16. The van der Waals surface area contributed by atoms with Gasteiger partial charge in [0.1, 0.15) is 0 Å². The van der Waals surface area contributed by atoms with Crippen molar-refractivity contribution < 1.29 is 17.2 Å². The number of anilines is 1. The number of alkyl halides is 2. The molecule has 1 aromatic heterocycles. The summed E-state index contributed by atoms with van der Waals surface area (Å²) < 4.78 is 55.7. The number of fused-ring (bicyclic) bond motifs is 1. The van der Waals surface area contributed by atoms with Crippen LogP contribution < -0.4 is 10.3 Å². The third kappa shape index (κ3) is 4.00. The van der Waals surface area contributed by atoms with Gasteiger partial charge in [-0.1, -0.05) is 19.1 Å². The first-order valence-corrected chi connectivity index (χ1v) is 9.75. The number of aryl methyl sites for hydroxylation is 1. The van der Waals surface area contributed by atoms with Crippen molar-refractivity contribution in [1.29, 1.82) is 0 Å². The third-order valence-electron chi connectivity index (χ3n) is 4.19. The highest BCUT2D eigenvalue weighted by Gasteiger charge is 2.28. The van der Waals surface area contributed by atoms with Crippen LogP contribution in [0.1, 0.15) is 25.0 Å². The fraction of sp³-hybridized carbons (Fsp3) is 0.211. The van der Waals surface area contributed by atoms with Gasteiger partial charge in [0.05, 0.1) is 4.90 Å². The van der Waals surface area contributed by atoms with E-state index in [1.807, 2.05) is 13.0 Å². The number of aromatic nitrogens is 1. The van der Waals surface area contributed by atoms with E-state index in [2.05, 4.69) is 9.71 Å². The van der Waals surface area contributed by atoms with Crippen LogP contribution in [0.4, 0.5) is 14.5 Å². The van der Waals surface area contributed by atoms with E-state index in [0.29, 0.717) is 12.6 Å². The molecule has 0 fully saturated rings. The van der Waals surface area contributed by atoms with Gasteiger partial charge in [-0.3, -0.25) is 9.52 Å². The Morgan fingerprint density at radius 3 is 2.52 bits per heavy atom. The highest BCUT2D eigenvalue weighted by atomic mass is 32.2. The lowest BCUT2D eigenvalue weighted by molar-refractivity contribution is 0.0189. The maximum atomic E-state index is 13.9. The Bertz CT molecular complexity index is 1170. The summed E-state index contributed by atoms with van der Waals surface area (Å²) in [6.07, 6.45) is 0.744. The summed E-state index contributed by atoms with van der Waals surface area (Å²) >= 11 is 0. The summed E-state index contributed by atoms with van der Waals surface area (Å²) in [6, 6.07) is 11.4. The van der Waals surface area contributed by atoms with E-state index in [-0.39, 0.29) is 15.8 Å². The number of benzene rings is 2. The molecular weight excluding hydrogens is 374 g/mol. The summed E-state index contributed by atoms with van der Waals surface area (Å²) in [7, 11) is -3.99. The van der Waals surface area contributed by atoms with Crippen LogP contribution >= 0.6 is 0 Å². The summed E-state index contributed by atoms with van der Waals surface area (Å²) in [5.74, 6) is -3.29. The molecule has 5 nitrogen and oxygen atoms in total. The van der Waals surface area contributed by atoms with E-state index in [4.69, 9.17) is 0 Å². The van der Waals surface area contributed by atoms with Crippen molar-refractivity contribution in [3.8, 4) is 0 Å². The zero-order valence-electron chi connectivity index (χ0n) is 14.7. The first-order valence-electron chi connectivity index (χ1n) is 8.27. The minimum Gasteiger partial charge on any atom is -0.322 e. The SMILES string of the molecule is CCc1cccc(NS(=O)(=O)c2ccc3[nH]c(=O)cc(C(C)(F)F)c3c2)c1. The van der Waals surface area contributed by atoms with Crippen LogP contribution in [-0.2, 0) is 22.4 Å². The molecule has 1 heterocycles. The fourth-order valence-electron chi connectivity index (χ4n) is 2.83. The van der Waals surface area contributed by atoms with E-state index < -0.39 is 27.1 Å². The topological polar surface area (TPSA) is 79.0 Å². The molecule has 0 saturated carbocycles. The molecule has 0 radical (unpaired) electrons. The van der Waals surface area contributed by atoms with E-state index in [0.717, 1.165) is 24.1 Å². The summed E-state index contributed by atoms with van der Waals surface area (Å²) in [5.41, 5.74) is 0.289. The second-order valence-electron chi connectivity index (χ2n) is 6.30. The Morgan fingerprint density at radius 1 is 1.11 bits per heavy atom. The lowest BCUT2D eigenvalue weighted by atomic mass is 10.0. The van der Waals surface area contributed by atoms with Crippen LogP contribution in [0.5, 0.6) is 0 Å². The lowest BCUT2D eigenvalue weighted by Gasteiger charge is -2.15. The minimum atomic E-state index is -3.99. The van der Waals surface area contributed by atoms with Gasteiger partial charge in [0.15, 0.2) is 0 Å². The molecule has 0 saturated heterocycles. The van der Waals surface area contributed by atoms with Crippen LogP contribution in [0, 0.1) is 0 Å². The Morgan fingerprint density at radius 2 is 1.85 bits per heavy atom. The molecule has 0 spiro atoms. The van der Waals surface area contributed by atoms with Gasteiger partial charge in [-0.15, -0.1) is 0 Å². The monoisotopic (exact) mass is 392 g/mol. The Labute approximate surface area is 155 Å². The van der Waals surface area contributed by atoms with Crippen molar-refractivity contribution in [1.82, 2.24) is 4.98 Å². The molecule has 3 rings (SSSR count). The molecule has 0 aliphatic rings. The number of sulfonamides is 1. The summed E-state index contributed by atoms with van der Waals surface area (Å²) in [4.78, 5) is 13.9. The molecule has 0 unspecified atom stereocenters. The van der Waals surface area contributed by atoms with Gasteiger partial charge >= 0.3 is 0 Å². The molecular formula is C19H18F2N2O3S. The van der Waals surface area contributed by atoms with Crippen molar-refractivity contribution in [3.63, 3.8) is 0 Å². The smallest absolute Gasteiger partial charge is 0.271 e. The Balaban J connectivity index is 2.10. The molecule has 0 bridgehead atoms. The van der Waals surface area contributed by atoms with Gasteiger partial charge in [0.25, 0.3) is 15.9 Å². The first-order chi connectivity index (χ1) is 12.6. The molecule has 27 heavy (non-hydrogen) atoms. The maximum Gasteiger partial charge on any atom is 0.271 e. The van der Waals surface area contributed by atoms with Crippen LogP contribution in [0.25, 0.3) is 10.9 Å². The molecule has 0 atom stereocenters. The number of rotatable bonds is 5. The van der Waals surface area contributed by atoms with Crippen molar-refractivity contribution in [2.24, 2.45) is 0 Å². The highest BCUT2D eigenvalue weighted by Crippen LogP contribution is 2.32. The van der Waals surface area contributed by atoms with Gasteiger partial charge < -0.3 is 4.98 Å². The number of hydrogen-bond acceptors (Lipinski definition) is 3. The van der Waals surface area contributed by atoms with Crippen LogP contribution in [0.15, 0.2) is 58.2 Å². The molecule has 0 aliphatic heterocycles. The van der Waals surface area contributed by atoms with E-state index in [1.54, 1.807) is 18.2 Å². The number of nitrogens with one attached hydrogen (secondary N) is 2. The molecule has 2 N–H and O–H groups in total. The Hall–Kier alpha value is -2.74. The van der Waals surface area contributed by atoms with Crippen molar-refractivity contribution in [3.05, 3.63) is 70.0 Å². The van der Waals surface area contributed by atoms with Crippen molar-refractivity contribution in [2.45, 2.75) is 31.1 Å². The molecule has 3 aromatic rings. The fourth-order valence-corrected chi connectivity index (χ4v) is 3.91. The van der Waals surface area contributed by atoms with E-state index in [9.17, 15) is 22.0 Å². The van der Waals surface area contributed by atoms with Gasteiger partial charge in [-0.25, -0.2) is 17.2 Å². The van der Waals surface area contributed by atoms with Gasteiger partial charge in [0.2, 0.25) is 5.56 Å². The average Bonchev–Trinajstić information content (AvgIpc) is 2.59. The number of aromatic amines is 1. The predicted molar refractivity (Wildman–Crippen MR) is 101 cm³/mol. The summed E-state index contributed by atoms with van der Waals surface area (Å²) in [6.45, 7) is 2.61. The quantitative estimate of drug-likeness (QED) is 0.689. The zero-order chi connectivity index (χ0) is 19.8. The minimum absolute atomic E-state index is 0.0210. The molecule has 8 heteroatoms. The average molecular weight is 392 g/mol. The van der Waals surface area contributed by atoms with Gasteiger partial charge in [-0.05, 0) is 42.3 Å². The zero-order valence-corrected chi connectivity index (χ0v) is 15.5. The molecule has 142 valence electrons. The molecule has 2 aromatic carbocycles. The summed E-state index contributed by atoms with van der Waals surface area (Å²) in [5, 5.41) is -0.0210. The predicted octanol–water partition coefficient (Wildman–Crippen LogP) is 4.00. The second kappa shape index (κ2) is 6.77. The van der Waals surface area contributed by atoms with Crippen LogP contribution in [-0.4, -0.2) is 13.4 Å². The standard InChI is InChI=1S/C19H18F2N2O3S/c1-3-12-5-4-6-13(9-12)23-27(25,26)14-7-8-17-15(10-14)16(19(2,20)21)11-18(24)22-17/h4-11,23H,3H2,1-2H3,(H,22,24). The molecule has 0 amide bonds. The van der Waals surface area contributed by atoms with E-state index >= 15 is 0 Å². The second-order valence-corrected chi connectivity index (χ2v) is 7.98. The van der Waals surface area contributed by atoms with E-state index in [1.165, 1.54) is 12.1 Å².